The Labute approximate surface area is 92.3 Å². The van der Waals surface area contributed by atoms with Gasteiger partial charge in [-0.15, -0.1) is 18.5 Å². The van der Waals surface area contributed by atoms with E-state index in [-0.39, 0.29) is 0 Å². The summed E-state index contributed by atoms with van der Waals surface area (Å²) < 4.78 is 0. The number of aryl methyl sites for hydroxylation is 1. The van der Waals surface area contributed by atoms with E-state index in [1.807, 2.05) is 0 Å². The van der Waals surface area contributed by atoms with Crippen molar-refractivity contribution in [2.24, 2.45) is 0 Å². The Bertz CT molecular complexity index is 327. The van der Waals surface area contributed by atoms with Crippen molar-refractivity contribution in [1.29, 1.82) is 0 Å². The van der Waals surface area contributed by atoms with Gasteiger partial charge in [0, 0.05) is 0 Å². The van der Waals surface area contributed by atoms with Gasteiger partial charge < -0.3 is 0 Å². The second-order valence-electron chi connectivity index (χ2n) is 4.09. The van der Waals surface area contributed by atoms with Crippen LogP contribution in [0.1, 0.15) is 47.4 Å². The highest BCUT2D eigenvalue weighted by molar-refractivity contribution is 7.17. The third-order valence-electron chi connectivity index (χ3n) is 2.72. The Morgan fingerprint density at radius 3 is 2.00 bits per heavy atom. The molecule has 78 valence electrons. The Kier molecular flexibility index (Phi) is 4.11. The van der Waals surface area contributed by atoms with E-state index in [0.29, 0.717) is 11.3 Å². The van der Waals surface area contributed by atoms with Crippen molar-refractivity contribution in [1.82, 2.24) is 0 Å². The fraction of sp³-hybridized carbons (Fsp3) is 0.500. The largest absolute Gasteiger partial charge is 0.130 e. The van der Waals surface area contributed by atoms with Crippen LogP contribution in [0, 0.1) is 13.8 Å². The number of hydrogen-bond acceptors (Lipinski definition) is 0. The maximum absolute atomic E-state index is 2.89. The van der Waals surface area contributed by atoms with E-state index in [4.69, 9.17) is 0 Å². The van der Waals surface area contributed by atoms with Crippen LogP contribution in [0.3, 0.4) is 0 Å². The molecule has 0 spiro atoms. The third kappa shape index (κ3) is 2.36. The zero-order chi connectivity index (χ0) is 10.9. The highest BCUT2D eigenvalue weighted by Crippen LogP contribution is 2.34. The normalized spacial score (nSPS) is 15.3. The summed E-state index contributed by atoms with van der Waals surface area (Å²) in [6.45, 7) is 8.88. The molecule has 0 aromatic heterocycles. The number of hydrogen-bond donors (Lipinski definition) is 0. The van der Waals surface area contributed by atoms with Crippen molar-refractivity contribution in [3.8, 4) is 0 Å². The van der Waals surface area contributed by atoms with Crippen molar-refractivity contribution >= 4 is 18.5 Å². The van der Waals surface area contributed by atoms with E-state index in [2.05, 4.69) is 58.3 Å². The van der Waals surface area contributed by atoms with E-state index < -0.39 is 0 Å². The lowest BCUT2D eigenvalue weighted by Crippen LogP contribution is -1.99. The highest BCUT2D eigenvalue weighted by atomic mass is 31.0. The molecule has 2 heteroatoms. The summed E-state index contributed by atoms with van der Waals surface area (Å²) in [5, 5.41) is 0. The zero-order valence-electron chi connectivity index (χ0n) is 9.46. The van der Waals surface area contributed by atoms with Gasteiger partial charge in [0.25, 0.3) is 0 Å². The van der Waals surface area contributed by atoms with Gasteiger partial charge in [0.1, 0.15) is 0 Å². The van der Waals surface area contributed by atoms with E-state index in [1.54, 1.807) is 0 Å². The maximum atomic E-state index is 2.89. The van der Waals surface area contributed by atoms with Crippen LogP contribution in [-0.2, 0) is 0 Å². The Morgan fingerprint density at radius 2 is 1.57 bits per heavy atom. The van der Waals surface area contributed by atoms with Gasteiger partial charge in [0.05, 0.1) is 0 Å². The minimum absolute atomic E-state index is 0.540. The van der Waals surface area contributed by atoms with Crippen molar-refractivity contribution in [2.75, 3.05) is 0 Å². The van der Waals surface area contributed by atoms with Crippen LogP contribution in [0.2, 0.25) is 0 Å². The zero-order valence-corrected chi connectivity index (χ0v) is 11.8. The Balaban J connectivity index is 3.34. The smallest absolute Gasteiger partial charge is 0.00375 e. The fourth-order valence-electron chi connectivity index (χ4n) is 2.07. The molecule has 0 saturated heterocycles. The van der Waals surface area contributed by atoms with E-state index in [9.17, 15) is 0 Å². The monoisotopic (exact) mass is 226 g/mol. The highest BCUT2D eigenvalue weighted by Gasteiger charge is 2.12. The molecule has 4 atom stereocenters. The first-order valence-corrected chi connectivity index (χ1v) is 6.39. The van der Waals surface area contributed by atoms with Gasteiger partial charge in [-0.05, 0) is 47.4 Å². The molecule has 1 aromatic rings. The molecule has 0 bridgehead atoms. The Morgan fingerprint density at radius 1 is 1.00 bits per heavy atom. The molecule has 0 fully saturated rings. The predicted octanol–water partition coefficient (Wildman–Crippen LogP) is 4.18. The van der Waals surface area contributed by atoms with Gasteiger partial charge in [-0.3, -0.25) is 0 Å². The third-order valence-corrected chi connectivity index (χ3v) is 3.41. The minimum Gasteiger partial charge on any atom is -0.130 e. The molecular formula is C12H20P2. The van der Waals surface area contributed by atoms with Gasteiger partial charge in [0.2, 0.25) is 0 Å². The molecule has 0 aliphatic heterocycles. The van der Waals surface area contributed by atoms with Gasteiger partial charge in [-0.1, -0.05) is 26.0 Å². The van der Waals surface area contributed by atoms with Crippen LogP contribution < -0.4 is 0 Å². The fourth-order valence-corrected chi connectivity index (χ4v) is 2.95. The van der Waals surface area contributed by atoms with Crippen LogP contribution >= 0.6 is 18.5 Å². The first-order chi connectivity index (χ1) is 6.45. The van der Waals surface area contributed by atoms with Crippen LogP contribution in [0.15, 0.2) is 12.1 Å². The van der Waals surface area contributed by atoms with Crippen molar-refractivity contribution in [3.05, 3.63) is 34.4 Å². The van der Waals surface area contributed by atoms with Gasteiger partial charge in [0.15, 0.2) is 0 Å². The molecular weight excluding hydrogens is 206 g/mol. The van der Waals surface area contributed by atoms with E-state index >= 15 is 0 Å². The average molecular weight is 226 g/mol. The molecule has 2 unspecified atom stereocenters. The maximum Gasteiger partial charge on any atom is -0.00375 e. The van der Waals surface area contributed by atoms with Crippen molar-refractivity contribution < 1.29 is 0 Å². The molecule has 0 heterocycles. The summed E-state index contributed by atoms with van der Waals surface area (Å²) in [7, 11) is 5.76. The van der Waals surface area contributed by atoms with Crippen molar-refractivity contribution in [3.63, 3.8) is 0 Å². The summed E-state index contributed by atoms with van der Waals surface area (Å²) in [6, 6.07) is 4.48. The minimum atomic E-state index is 0.540. The topological polar surface area (TPSA) is 0 Å². The predicted molar refractivity (Wildman–Crippen MR) is 72.2 cm³/mol. The van der Waals surface area contributed by atoms with Gasteiger partial charge >= 0.3 is 0 Å². The SMILES string of the molecule is Cc1ccc([C@H](C)P)c(C)c1[C@H](C)P. The first kappa shape index (κ1) is 12.2. The lowest BCUT2D eigenvalue weighted by Gasteiger charge is -2.18. The summed E-state index contributed by atoms with van der Waals surface area (Å²) in [6.07, 6.45) is 0. The molecule has 0 saturated carbocycles. The van der Waals surface area contributed by atoms with Crippen LogP contribution in [0.4, 0.5) is 0 Å². The number of benzene rings is 1. The van der Waals surface area contributed by atoms with Gasteiger partial charge in [-0.2, -0.15) is 0 Å². The van der Waals surface area contributed by atoms with Crippen LogP contribution in [0.5, 0.6) is 0 Å². The lowest BCUT2D eigenvalue weighted by molar-refractivity contribution is 0.999. The van der Waals surface area contributed by atoms with Crippen molar-refractivity contribution in [2.45, 2.75) is 39.0 Å². The first-order valence-electron chi connectivity index (χ1n) is 5.06. The van der Waals surface area contributed by atoms with E-state index in [0.717, 1.165) is 0 Å². The second-order valence-corrected chi connectivity index (χ2v) is 6.09. The molecule has 1 rings (SSSR count). The summed E-state index contributed by atoms with van der Waals surface area (Å²) >= 11 is 0. The standard InChI is InChI=1S/C12H20P2/c1-7-5-6-11(9(3)13)8(2)12(7)10(4)14/h5-6,9-10H,13-14H2,1-4H3/t9-,10-/m0/s1. The molecule has 0 amide bonds. The molecule has 0 aliphatic rings. The molecule has 0 nitrogen and oxygen atoms in total. The number of rotatable bonds is 2. The van der Waals surface area contributed by atoms with Gasteiger partial charge in [-0.25, -0.2) is 0 Å². The quantitative estimate of drug-likeness (QED) is 0.664. The Hall–Kier alpha value is 0.0800. The van der Waals surface area contributed by atoms with Crippen LogP contribution in [0.25, 0.3) is 0 Å². The average Bonchev–Trinajstić information content (AvgIpc) is 2.02. The van der Waals surface area contributed by atoms with Crippen LogP contribution in [-0.4, -0.2) is 0 Å². The molecule has 0 aliphatic carbocycles. The molecule has 14 heavy (non-hydrogen) atoms. The summed E-state index contributed by atoms with van der Waals surface area (Å²) in [5.74, 6) is 0. The summed E-state index contributed by atoms with van der Waals surface area (Å²) in [4.78, 5) is 0. The summed E-state index contributed by atoms with van der Waals surface area (Å²) in [5.41, 5.74) is 6.87. The second kappa shape index (κ2) is 4.73. The lowest BCUT2D eigenvalue weighted by atomic mass is 9.94. The molecule has 0 N–H and O–H groups in total. The molecule has 1 aromatic carbocycles. The molecule has 0 radical (unpaired) electrons. The van der Waals surface area contributed by atoms with E-state index in [1.165, 1.54) is 22.3 Å².